The van der Waals surface area contributed by atoms with Crippen molar-refractivity contribution < 1.29 is 0 Å². The topological polar surface area (TPSA) is 48.7 Å². The minimum absolute atomic E-state index is 0.0352. The van der Waals surface area contributed by atoms with E-state index in [0.717, 1.165) is 23.1 Å². The summed E-state index contributed by atoms with van der Waals surface area (Å²) >= 11 is 1.67. The number of hydrogen-bond acceptors (Lipinski definition) is 6. The van der Waals surface area contributed by atoms with E-state index in [4.69, 9.17) is 10.1 Å². The van der Waals surface area contributed by atoms with Crippen LogP contribution in [0.2, 0.25) is 0 Å². The van der Waals surface area contributed by atoms with Gasteiger partial charge in [0.2, 0.25) is 10.1 Å². The van der Waals surface area contributed by atoms with Crippen LogP contribution in [0.15, 0.2) is 6.20 Å². The Morgan fingerprint density at radius 2 is 1.92 bits per heavy atom. The van der Waals surface area contributed by atoms with Crippen LogP contribution in [-0.2, 0) is 0 Å². The molecular formula is C19H32N6S. The molecule has 7 heteroatoms. The Kier molecular flexibility index (Phi) is 5.21. The molecule has 0 amide bonds. The minimum Gasteiger partial charge on any atom is -0.355 e. The van der Waals surface area contributed by atoms with E-state index in [9.17, 15) is 0 Å². The molecule has 2 fully saturated rings. The maximum absolute atomic E-state index is 4.84. The summed E-state index contributed by atoms with van der Waals surface area (Å²) in [4.78, 5) is 10.8. The Labute approximate surface area is 160 Å². The molecular weight excluding hydrogens is 344 g/mol. The first-order valence-corrected chi connectivity index (χ1v) is 10.9. The van der Waals surface area contributed by atoms with Gasteiger partial charge in [-0.15, -0.1) is 5.10 Å². The van der Waals surface area contributed by atoms with Crippen LogP contribution in [-0.4, -0.2) is 69.7 Å². The third-order valence-corrected chi connectivity index (χ3v) is 6.77. The van der Waals surface area contributed by atoms with E-state index >= 15 is 0 Å². The van der Waals surface area contributed by atoms with E-state index < -0.39 is 0 Å². The lowest BCUT2D eigenvalue weighted by Crippen LogP contribution is -2.46. The van der Waals surface area contributed by atoms with Gasteiger partial charge in [-0.25, -0.2) is 9.50 Å². The Hall–Kier alpha value is -1.18. The fourth-order valence-electron chi connectivity index (χ4n) is 4.05. The van der Waals surface area contributed by atoms with Gasteiger partial charge < -0.3 is 15.1 Å². The Morgan fingerprint density at radius 1 is 1.19 bits per heavy atom. The van der Waals surface area contributed by atoms with Gasteiger partial charge in [-0.3, -0.25) is 0 Å². The van der Waals surface area contributed by atoms with Crippen LogP contribution in [0, 0.1) is 0 Å². The number of anilines is 1. The third-order valence-electron chi connectivity index (χ3n) is 5.93. The van der Waals surface area contributed by atoms with Crippen molar-refractivity contribution in [2.45, 2.75) is 57.4 Å². The highest BCUT2D eigenvalue weighted by molar-refractivity contribution is 7.20. The third kappa shape index (κ3) is 4.21. The van der Waals surface area contributed by atoms with E-state index in [1.807, 2.05) is 4.52 Å². The molecule has 2 aromatic rings. The highest BCUT2D eigenvalue weighted by Crippen LogP contribution is 2.34. The summed E-state index contributed by atoms with van der Waals surface area (Å²) in [6, 6.07) is 0. The predicted molar refractivity (Wildman–Crippen MR) is 108 cm³/mol. The summed E-state index contributed by atoms with van der Waals surface area (Å²) in [7, 11) is 2.21. The summed E-state index contributed by atoms with van der Waals surface area (Å²) in [5.41, 5.74) is 1.27. The monoisotopic (exact) mass is 376 g/mol. The SMILES string of the molecule is CN1CCN(CCC(C)(C)Nc2nn3cc(C4CCCC4)nc3s2)CC1. The van der Waals surface area contributed by atoms with Gasteiger partial charge in [0.25, 0.3) is 0 Å². The van der Waals surface area contributed by atoms with Crippen molar-refractivity contribution in [2.24, 2.45) is 0 Å². The van der Waals surface area contributed by atoms with Crippen molar-refractivity contribution in [1.82, 2.24) is 24.4 Å². The van der Waals surface area contributed by atoms with Gasteiger partial charge in [-0.05, 0) is 40.2 Å². The van der Waals surface area contributed by atoms with E-state index in [1.54, 1.807) is 11.3 Å². The molecule has 1 aliphatic heterocycles. The molecule has 0 unspecified atom stereocenters. The average molecular weight is 377 g/mol. The Bertz CT molecular complexity index is 690. The molecule has 1 saturated heterocycles. The molecule has 144 valence electrons. The summed E-state index contributed by atoms with van der Waals surface area (Å²) in [5, 5.41) is 9.36. The second-order valence-electron chi connectivity index (χ2n) is 8.69. The van der Waals surface area contributed by atoms with Crippen LogP contribution in [0.5, 0.6) is 0 Å². The van der Waals surface area contributed by atoms with Crippen molar-refractivity contribution in [1.29, 1.82) is 0 Å². The van der Waals surface area contributed by atoms with Crippen LogP contribution < -0.4 is 5.32 Å². The first-order valence-electron chi connectivity index (χ1n) is 10.0. The first-order chi connectivity index (χ1) is 12.5. The average Bonchev–Trinajstić information content (AvgIpc) is 3.29. The molecule has 26 heavy (non-hydrogen) atoms. The van der Waals surface area contributed by atoms with E-state index in [2.05, 4.69) is 42.2 Å². The van der Waals surface area contributed by atoms with Gasteiger partial charge >= 0.3 is 0 Å². The summed E-state index contributed by atoms with van der Waals surface area (Å²) in [6.07, 6.45) is 8.52. The Morgan fingerprint density at radius 3 is 2.62 bits per heavy atom. The molecule has 3 heterocycles. The number of hydrogen-bond donors (Lipinski definition) is 1. The van der Waals surface area contributed by atoms with Crippen molar-refractivity contribution >= 4 is 21.4 Å². The molecule has 6 nitrogen and oxygen atoms in total. The lowest BCUT2D eigenvalue weighted by molar-refractivity contribution is 0.147. The van der Waals surface area contributed by atoms with Crippen molar-refractivity contribution in [3.05, 3.63) is 11.9 Å². The maximum Gasteiger partial charge on any atom is 0.214 e. The number of nitrogens with one attached hydrogen (secondary N) is 1. The second-order valence-corrected chi connectivity index (χ2v) is 9.64. The number of piperazine rings is 1. The van der Waals surface area contributed by atoms with Crippen LogP contribution in [0.4, 0.5) is 5.13 Å². The predicted octanol–water partition coefficient (Wildman–Crippen LogP) is 3.28. The van der Waals surface area contributed by atoms with Gasteiger partial charge in [0, 0.05) is 44.2 Å². The summed E-state index contributed by atoms with van der Waals surface area (Å²) < 4.78 is 1.97. The van der Waals surface area contributed by atoms with Gasteiger partial charge in [0.1, 0.15) is 0 Å². The largest absolute Gasteiger partial charge is 0.355 e. The molecule has 2 aromatic heterocycles. The van der Waals surface area contributed by atoms with Gasteiger partial charge in [0.15, 0.2) is 0 Å². The molecule has 1 saturated carbocycles. The molecule has 2 aliphatic rings. The number of aromatic nitrogens is 3. The molecule has 0 aromatic carbocycles. The van der Waals surface area contributed by atoms with Crippen LogP contribution >= 0.6 is 11.3 Å². The first kappa shape index (κ1) is 18.2. The van der Waals surface area contributed by atoms with Crippen LogP contribution in [0.1, 0.15) is 57.6 Å². The van der Waals surface area contributed by atoms with Gasteiger partial charge in [-0.1, -0.05) is 24.2 Å². The zero-order valence-electron chi connectivity index (χ0n) is 16.4. The second kappa shape index (κ2) is 7.44. The number of imidazole rings is 1. The molecule has 0 radical (unpaired) electrons. The van der Waals surface area contributed by atoms with Crippen molar-refractivity contribution in [3.63, 3.8) is 0 Å². The molecule has 0 spiro atoms. The number of fused-ring (bicyclic) bond motifs is 1. The fourth-order valence-corrected chi connectivity index (χ4v) is 5.01. The maximum atomic E-state index is 4.84. The van der Waals surface area contributed by atoms with Crippen molar-refractivity contribution in [3.8, 4) is 0 Å². The zero-order valence-corrected chi connectivity index (χ0v) is 17.2. The van der Waals surface area contributed by atoms with E-state index in [0.29, 0.717) is 5.92 Å². The van der Waals surface area contributed by atoms with E-state index in [1.165, 1.54) is 57.6 Å². The highest BCUT2D eigenvalue weighted by Gasteiger charge is 2.24. The van der Waals surface area contributed by atoms with Crippen molar-refractivity contribution in [2.75, 3.05) is 45.1 Å². The summed E-state index contributed by atoms with van der Waals surface area (Å²) in [6.45, 7) is 10.4. The lowest BCUT2D eigenvalue weighted by atomic mass is 10.0. The molecule has 0 bridgehead atoms. The summed E-state index contributed by atoms with van der Waals surface area (Å²) in [5.74, 6) is 0.653. The highest BCUT2D eigenvalue weighted by atomic mass is 32.1. The fraction of sp³-hybridized carbons (Fsp3) is 0.789. The van der Waals surface area contributed by atoms with Gasteiger partial charge in [0.05, 0.1) is 11.9 Å². The van der Waals surface area contributed by atoms with Crippen LogP contribution in [0.25, 0.3) is 4.96 Å². The molecule has 4 rings (SSSR count). The van der Waals surface area contributed by atoms with Gasteiger partial charge in [-0.2, -0.15) is 0 Å². The van der Waals surface area contributed by atoms with Crippen LogP contribution in [0.3, 0.4) is 0 Å². The van der Waals surface area contributed by atoms with E-state index in [-0.39, 0.29) is 5.54 Å². The number of nitrogens with zero attached hydrogens (tertiary/aromatic N) is 5. The zero-order chi connectivity index (χ0) is 18.1. The lowest BCUT2D eigenvalue weighted by Gasteiger charge is -2.35. The Balaban J connectivity index is 1.34. The molecule has 0 atom stereocenters. The molecule has 1 aliphatic carbocycles. The molecule has 1 N–H and O–H groups in total. The smallest absolute Gasteiger partial charge is 0.214 e. The minimum atomic E-state index is 0.0352. The number of likely N-dealkylation sites (N-methyl/N-ethyl adjacent to an activating group) is 1. The standard InChI is InChI=1S/C19H32N6S/c1-19(2,8-9-24-12-10-23(3)11-13-24)21-17-22-25-14-16(20-18(25)26-17)15-6-4-5-7-15/h14-15H,4-13H2,1-3H3,(H,21,22). The number of rotatable bonds is 6. The quantitative estimate of drug-likeness (QED) is 0.838. The normalized spacial score (nSPS) is 21.0.